The number of rotatable bonds is 6. The van der Waals surface area contributed by atoms with Crippen molar-refractivity contribution in [3.8, 4) is 0 Å². The summed E-state index contributed by atoms with van der Waals surface area (Å²) < 4.78 is 0. The van der Waals surface area contributed by atoms with E-state index < -0.39 is 0 Å². The van der Waals surface area contributed by atoms with Crippen LogP contribution in [-0.2, 0) is 0 Å². The first-order chi connectivity index (χ1) is 7.76. The minimum atomic E-state index is 0.676. The van der Waals surface area contributed by atoms with Crippen LogP contribution in [0.4, 0.5) is 0 Å². The van der Waals surface area contributed by atoms with Gasteiger partial charge in [-0.05, 0) is 71.6 Å². The van der Waals surface area contributed by atoms with E-state index in [-0.39, 0.29) is 0 Å². The van der Waals surface area contributed by atoms with Gasteiger partial charge >= 0.3 is 0 Å². The van der Waals surface area contributed by atoms with Gasteiger partial charge in [0.15, 0.2) is 0 Å². The van der Waals surface area contributed by atoms with Crippen LogP contribution in [0.2, 0.25) is 0 Å². The van der Waals surface area contributed by atoms with Crippen molar-refractivity contribution >= 4 is 0 Å². The molecule has 16 heavy (non-hydrogen) atoms. The first-order valence-electron chi connectivity index (χ1n) is 7.15. The Kier molecular flexibility index (Phi) is 7.06. The van der Waals surface area contributed by atoms with E-state index in [1.807, 2.05) is 0 Å². The van der Waals surface area contributed by atoms with Crippen molar-refractivity contribution in [3.05, 3.63) is 0 Å². The molecule has 0 aromatic heterocycles. The number of nitrogens with one attached hydrogen (secondary N) is 1. The van der Waals surface area contributed by atoms with Gasteiger partial charge in [0.2, 0.25) is 0 Å². The summed E-state index contributed by atoms with van der Waals surface area (Å²) in [5.74, 6) is 1.00. The monoisotopic (exact) mass is 226 g/mol. The van der Waals surface area contributed by atoms with Gasteiger partial charge in [0.1, 0.15) is 0 Å². The zero-order valence-electron chi connectivity index (χ0n) is 11.5. The van der Waals surface area contributed by atoms with E-state index in [1.54, 1.807) is 0 Å². The summed E-state index contributed by atoms with van der Waals surface area (Å²) in [7, 11) is 2.06. The molecule has 2 atom stereocenters. The molecule has 2 nitrogen and oxygen atoms in total. The van der Waals surface area contributed by atoms with Crippen molar-refractivity contribution in [2.24, 2.45) is 5.92 Å². The third-order valence-electron chi connectivity index (χ3n) is 4.12. The fourth-order valence-electron chi connectivity index (χ4n) is 2.62. The molecule has 1 aliphatic rings. The zero-order chi connectivity index (χ0) is 11.8. The summed E-state index contributed by atoms with van der Waals surface area (Å²) in [6.07, 6.45) is 8.34. The summed E-state index contributed by atoms with van der Waals surface area (Å²) >= 11 is 0. The molecule has 0 aliphatic carbocycles. The molecule has 1 saturated heterocycles. The molecule has 1 rings (SSSR count). The highest BCUT2D eigenvalue weighted by atomic mass is 15.1. The lowest BCUT2D eigenvalue weighted by Crippen LogP contribution is -2.28. The van der Waals surface area contributed by atoms with E-state index in [2.05, 4.69) is 31.1 Å². The molecule has 1 heterocycles. The lowest BCUT2D eigenvalue weighted by molar-refractivity contribution is 0.270. The average Bonchev–Trinajstić information content (AvgIpc) is 2.54. The highest BCUT2D eigenvalue weighted by Crippen LogP contribution is 2.20. The number of hydrogen-bond acceptors (Lipinski definition) is 2. The second-order valence-corrected chi connectivity index (χ2v) is 5.38. The molecule has 0 aromatic rings. The fourth-order valence-corrected chi connectivity index (χ4v) is 2.62. The van der Waals surface area contributed by atoms with E-state index >= 15 is 0 Å². The first kappa shape index (κ1) is 14.0. The Morgan fingerprint density at radius 2 is 2.12 bits per heavy atom. The standard InChI is InChI=1S/C14H30N2/c1-4-14-8-6-11-16(12-9-14)10-5-7-13(2)15-3/h13-15H,4-12H2,1-3H3. The summed E-state index contributed by atoms with van der Waals surface area (Å²) in [4.78, 5) is 2.68. The van der Waals surface area contributed by atoms with Gasteiger partial charge in [-0.1, -0.05) is 13.3 Å². The summed E-state index contributed by atoms with van der Waals surface area (Å²) in [6.45, 7) is 8.60. The molecule has 0 radical (unpaired) electrons. The summed E-state index contributed by atoms with van der Waals surface area (Å²) in [6, 6.07) is 0.676. The van der Waals surface area contributed by atoms with Gasteiger partial charge in [-0.3, -0.25) is 0 Å². The molecule has 0 aromatic carbocycles. The van der Waals surface area contributed by atoms with Gasteiger partial charge < -0.3 is 10.2 Å². The van der Waals surface area contributed by atoms with Crippen molar-refractivity contribution < 1.29 is 0 Å². The third kappa shape index (κ3) is 5.31. The average molecular weight is 226 g/mol. The predicted molar refractivity (Wildman–Crippen MR) is 71.8 cm³/mol. The van der Waals surface area contributed by atoms with Crippen molar-refractivity contribution in [1.82, 2.24) is 10.2 Å². The van der Waals surface area contributed by atoms with Crippen molar-refractivity contribution in [3.63, 3.8) is 0 Å². The first-order valence-corrected chi connectivity index (χ1v) is 7.15. The largest absolute Gasteiger partial charge is 0.317 e. The van der Waals surface area contributed by atoms with Crippen LogP contribution >= 0.6 is 0 Å². The topological polar surface area (TPSA) is 15.3 Å². The molecule has 2 heteroatoms. The molecule has 1 fully saturated rings. The Labute approximate surface area is 102 Å². The Hall–Kier alpha value is -0.0800. The normalized spacial score (nSPS) is 25.3. The van der Waals surface area contributed by atoms with Crippen LogP contribution in [0.25, 0.3) is 0 Å². The molecule has 0 saturated carbocycles. The highest BCUT2D eigenvalue weighted by molar-refractivity contribution is 4.70. The number of likely N-dealkylation sites (tertiary alicyclic amines) is 1. The molecule has 96 valence electrons. The third-order valence-corrected chi connectivity index (χ3v) is 4.12. The van der Waals surface area contributed by atoms with Crippen LogP contribution in [0.1, 0.15) is 52.4 Å². The van der Waals surface area contributed by atoms with E-state index in [9.17, 15) is 0 Å². The van der Waals surface area contributed by atoms with Crippen molar-refractivity contribution in [2.75, 3.05) is 26.7 Å². The van der Waals surface area contributed by atoms with Crippen LogP contribution in [0.15, 0.2) is 0 Å². The van der Waals surface area contributed by atoms with Crippen LogP contribution < -0.4 is 5.32 Å². The molecule has 2 unspecified atom stereocenters. The molecule has 1 aliphatic heterocycles. The molecule has 1 N–H and O–H groups in total. The van der Waals surface area contributed by atoms with Gasteiger partial charge in [-0.25, -0.2) is 0 Å². The Balaban J connectivity index is 2.12. The van der Waals surface area contributed by atoms with Gasteiger partial charge in [0, 0.05) is 6.04 Å². The van der Waals surface area contributed by atoms with E-state index in [0.717, 1.165) is 5.92 Å². The quantitative estimate of drug-likeness (QED) is 0.749. The zero-order valence-corrected chi connectivity index (χ0v) is 11.5. The van der Waals surface area contributed by atoms with Crippen molar-refractivity contribution in [2.45, 2.75) is 58.4 Å². The van der Waals surface area contributed by atoms with Crippen LogP contribution in [-0.4, -0.2) is 37.6 Å². The minimum Gasteiger partial charge on any atom is -0.317 e. The summed E-state index contributed by atoms with van der Waals surface area (Å²) in [5.41, 5.74) is 0. The van der Waals surface area contributed by atoms with Crippen LogP contribution in [0, 0.1) is 5.92 Å². The predicted octanol–water partition coefficient (Wildman–Crippen LogP) is 2.89. The molecular formula is C14H30N2. The fraction of sp³-hybridized carbons (Fsp3) is 1.00. The van der Waals surface area contributed by atoms with Gasteiger partial charge in [0.05, 0.1) is 0 Å². The maximum atomic E-state index is 3.31. The lowest BCUT2D eigenvalue weighted by atomic mass is 9.98. The Morgan fingerprint density at radius 3 is 2.81 bits per heavy atom. The molecule has 0 amide bonds. The second-order valence-electron chi connectivity index (χ2n) is 5.38. The van der Waals surface area contributed by atoms with Gasteiger partial charge in [-0.15, -0.1) is 0 Å². The van der Waals surface area contributed by atoms with E-state index in [1.165, 1.54) is 58.2 Å². The molecule has 0 bridgehead atoms. The number of nitrogens with zero attached hydrogens (tertiary/aromatic N) is 1. The minimum absolute atomic E-state index is 0.676. The summed E-state index contributed by atoms with van der Waals surface area (Å²) in [5, 5.41) is 3.31. The Morgan fingerprint density at radius 1 is 1.31 bits per heavy atom. The SMILES string of the molecule is CCC1CCCN(CCCC(C)NC)CC1. The Bertz CT molecular complexity index is 170. The highest BCUT2D eigenvalue weighted by Gasteiger charge is 2.15. The molecular weight excluding hydrogens is 196 g/mol. The number of hydrogen-bond donors (Lipinski definition) is 1. The maximum Gasteiger partial charge on any atom is 0.00362 e. The smallest absolute Gasteiger partial charge is 0.00362 e. The van der Waals surface area contributed by atoms with Crippen LogP contribution in [0.5, 0.6) is 0 Å². The van der Waals surface area contributed by atoms with E-state index in [4.69, 9.17) is 0 Å². The lowest BCUT2D eigenvalue weighted by Gasteiger charge is -2.21. The van der Waals surface area contributed by atoms with Crippen molar-refractivity contribution in [1.29, 1.82) is 0 Å². The van der Waals surface area contributed by atoms with E-state index in [0.29, 0.717) is 6.04 Å². The van der Waals surface area contributed by atoms with Crippen LogP contribution in [0.3, 0.4) is 0 Å². The van der Waals surface area contributed by atoms with Gasteiger partial charge in [0.25, 0.3) is 0 Å². The maximum absolute atomic E-state index is 3.31. The molecule has 0 spiro atoms. The second kappa shape index (κ2) is 8.08. The van der Waals surface area contributed by atoms with Gasteiger partial charge in [-0.2, -0.15) is 0 Å².